The van der Waals surface area contributed by atoms with Gasteiger partial charge in [-0.15, -0.1) is 20.4 Å². The van der Waals surface area contributed by atoms with E-state index in [2.05, 4.69) is 25.5 Å². The summed E-state index contributed by atoms with van der Waals surface area (Å²) in [4.78, 5) is 11.1. The van der Waals surface area contributed by atoms with Crippen molar-refractivity contribution in [1.29, 1.82) is 0 Å². The first-order valence-corrected chi connectivity index (χ1v) is 6.25. The van der Waals surface area contributed by atoms with Gasteiger partial charge in [0.1, 0.15) is 5.54 Å². The van der Waals surface area contributed by atoms with E-state index in [9.17, 15) is 10.1 Å². The molecule has 2 aromatic rings. The van der Waals surface area contributed by atoms with Gasteiger partial charge in [-0.3, -0.25) is 0 Å². The molecule has 0 unspecified atom stereocenters. The molecule has 0 fully saturated rings. The molecule has 112 valence electrons. The Morgan fingerprint density at radius 2 is 1.76 bits per heavy atom. The summed E-state index contributed by atoms with van der Waals surface area (Å²) in [5, 5.41) is 30.9. The Bertz CT molecular complexity index is 658. The Morgan fingerprint density at radius 3 is 2.14 bits per heavy atom. The molecular formula is C11H16N8O2. The van der Waals surface area contributed by atoms with Crippen LogP contribution in [-0.2, 0) is 0 Å². The summed E-state index contributed by atoms with van der Waals surface area (Å²) >= 11 is 0. The van der Waals surface area contributed by atoms with Gasteiger partial charge in [0.15, 0.2) is 5.03 Å². The van der Waals surface area contributed by atoms with Crippen molar-refractivity contribution >= 4 is 5.95 Å². The van der Waals surface area contributed by atoms with E-state index in [-0.39, 0.29) is 11.9 Å². The van der Waals surface area contributed by atoms with E-state index in [1.807, 2.05) is 19.9 Å². The molecule has 0 N–H and O–H groups in total. The fourth-order valence-electron chi connectivity index (χ4n) is 1.84. The topological polar surface area (TPSA) is 116 Å². The van der Waals surface area contributed by atoms with Crippen LogP contribution in [0.15, 0.2) is 6.07 Å². The monoisotopic (exact) mass is 292 g/mol. The van der Waals surface area contributed by atoms with Crippen LogP contribution in [0.25, 0.3) is 5.95 Å². The maximum absolute atomic E-state index is 11.1. The largest absolute Gasteiger partial charge is 0.326 e. The van der Waals surface area contributed by atoms with E-state index in [0.29, 0.717) is 0 Å². The summed E-state index contributed by atoms with van der Waals surface area (Å²) in [6.07, 6.45) is 0. The lowest BCUT2D eigenvalue weighted by atomic mass is 10.1. The van der Waals surface area contributed by atoms with Crippen molar-refractivity contribution in [2.45, 2.75) is 40.2 Å². The quantitative estimate of drug-likeness (QED) is 0.604. The van der Waals surface area contributed by atoms with Crippen molar-refractivity contribution in [3.63, 3.8) is 0 Å². The van der Waals surface area contributed by atoms with Gasteiger partial charge in [0.25, 0.3) is 5.95 Å². The zero-order valence-electron chi connectivity index (χ0n) is 12.5. The molecule has 21 heavy (non-hydrogen) atoms. The van der Waals surface area contributed by atoms with Crippen LogP contribution in [0.4, 0.5) is 5.95 Å². The third-order valence-corrected chi connectivity index (χ3v) is 2.64. The van der Waals surface area contributed by atoms with Gasteiger partial charge >= 0.3 is 5.95 Å². The number of anilines is 1. The van der Waals surface area contributed by atoms with Crippen LogP contribution in [0.5, 0.6) is 0 Å². The van der Waals surface area contributed by atoms with Crippen molar-refractivity contribution in [3.05, 3.63) is 27.6 Å². The number of aromatic nitrogens is 6. The molecule has 0 aromatic carbocycles. The first-order chi connectivity index (χ1) is 9.70. The van der Waals surface area contributed by atoms with Gasteiger partial charge in [0.2, 0.25) is 0 Å². The number of aryl methyl sites for hydroxylation is 2. The van der Waals surface area contributed by atoms with Gasteiger partial charge in [-0.05, 0) is 45.7 Å². The minimum Gasteiger partial charge on any atom is -0.234 e. The highest BCUT2D eigenvalue weighted by Crippen LogP contribution is 2.18. The molecule has 0 spiro atoms. The van der Waals surface area contributed by atoms with Crippen LogP contribution >= 0.6 is 0 Å². The second-order valence-electron chi connectivity index (χ2n) is 5.56. The van der Waals surface area contributed by atoms with Crippen molar-refractivity contribution in [1.82, 2.24) is 30.2 Å². The molecule has 0 aliphatic rings. The molecule has 0 saturated carbocycles. The molecule has 0 radical (unpaired) electrons. The fourth-order valence-corrected chi connectivity index (χ4v) is 1.84. The van der Waals surface area contributed by atoms with Crippen LogP contribution in [0.3, 0.4) is 0 Å². The van der Waals surface area contributed by atoms with Crippen LogP contribution in [0.2, 0.25) is 0 Å². The summed E-state index contributed by atoms with van der Waals surface area (Å²) in [6, 6.07) is 1.86. The Balaban J connectivity index is 2.38. The predicted octanol–water partition coefficient (Wildman–Crippen LogP) is 0.866. The van der Waals surface area contributed by atoms with Gasteiger partial charge in [-0.2, -0.15) is 5.10 Å². The molecular weight excluding hydrogens is 276 g/mol. The standard InChI is InChI=1S/C11H16N8O2/c1-7-6-8(2)17(16-7)9-12-14-10(15-13-9)18(19(20)21)11(3,4)5/h6H,1-5H3. The number of nitrogens with zero attached hydrogens (tertiary/aromatic N) is 8. The number of hydrogen-bond acceptors (Lipinski definition) is 7. The predicted molar refractivity (Wildman–Crippen MR) is 73.4 cm³/mol. The summed E-state index contributed by atoms with van der Waals surface area (Å²) in [5.41, 5.74) is 0.833. The summed E-state index contributed by atoms with van der Waals surface area (Å²) in [6.45, 7) is 8.71. The molecule has 10 nitrogen and oxygen atoms in total. The van der Waals surface area contributed by atoms with E-state index in [1.165, 1.54) is 4.68 Å². The SMILES string of the molecule is Cc1cc(C)n(-c2nnc(N([N+](=O)[O-])C(C)(C)C)nn2)n1. The molecule has 10 heteroatoms. The normalized spacial score (nSPS) is 11.5. The average molecular weight is 292 g/mol. The van der Waals surface area contributed by atoms with E-state index in [4.69, 9.17) is 0 Å². The van der Waals surface area contributed by atoms with E-state index < -0.39 is 10.6 Å². The highest BCUT2D eigenvalue weighted by molar-refractivity contribution is 5.26. The maximum Gasteiger partial charge on any atom is 0.326 e. The van der Waals surface area contributed by atoms with Gasteiger partial charge in [0.05, 0.1) is 5.69 Å². The van der Waals surface area contributed by atoms with Crippen molar-refractivity contribution in [3.8, 4) is 5.95 Å². The summed E-state index contributed by atoms with van der Waals surface area (Å²) in [7, 11) is 0. The number of hydrazine groups is 1. The minimum absolute atomic E-state index is 0.168. The zero-order valence-corrected chi connectivity index (χ0v) is 12.5. The van der Waals surface area contributed by atoms with Crippen molar-refractivity contribution in [2.75, 3.05) is 5.01 Å². The van der Waals surface area contributed by atoms with Gasteiger partial charge in [-0.1, -0.05) is 0 Å². The molecule has 0 saturated heterocycles. The third kappa shape index (κ3) is 2.93. The fraction of sp³-hybridized carbons (Fsp3) is 0.545. The smallest absolute Gasteiger partial charge is 0.234 e. The molecule has 2 heterocycles. The second kappa shape index (κ2) is 5.04. The van der Waals surface area contributed by atoms with E-state index in [0.717, 1.165) is 16.4 Å². The molecule has 0 aliphatic heterocycles. The van der Waals surface area contributed by atoms with Crippen molar-refractivity contribution in [2.24, 2.45) is 0 Å². The molecule has 0 atom stereocenters. The van der Waals surface area contributed by atoms with E-state index >= 15 is 0 Å². The van der Waals surface area contributed by atoms with Gasteiger partial charge in [0, 0.05) is 5.69 Å². The second-order valence-corrected chi connectivity index (χ2v) is 5.56. The number of nitro groups is 1. The number of hydrogen-bond donors (Lipinski definition) is 0. The Labute approximate surface area is 120 Å². The van der Waals surface area contributed by atoms with Crippen LogP contribution in [-0.4, -0.2) is 40.7 Å². The first kappa shape index (κ1) is 14.8. The highest BCUT2D eigenvalue weighted by atomic mass is 16.7. The average Bonchev–Trinajstić information content (AvgIpc) is 2.67. The Kier molecular flexibility index (Phi) is 3.54. The van der Waals surface area contributed by atoms with Gasteiger partial charge < -0.3 is 0 Å². The van der Waals surface area contributed by atoms with Crippen LogP contribution < -0.4 is 5.01 Å². The highest BCUT2D eigenvalue weighted by Gasteiger charge is 2.35. The molecule has 0 bridgehead atoms. The lowest BCUT2D eigenvalue weighted by Crippen LogP contribution is -2.47. The molecule has 2 rings (SSSR count). The molecule has 0 aliphatic carbocycles. The maximum atomic E-state index is 11.1. The minimum atomic E-state index is -0.799. The third-order valence-electron chi connectivity index (χ3n) is 2.64. The summed E-state index contributed by atoms with van der Waals surface area (Å²) < 4.78 is 1.48. The molecule has 2 aromatic heterocycles. The molecule has 0 amide bonds. The Hall–Kier alpha value is -2.65. The lowest BCUT2D eigenvalue weighted by Gasteiger charge is -2.24. The lowest BCUT2D eigenvalue weighted by molar-refractivity contribution is -0.506. The van der Waals surface area contributed by atoms with E-state index in [1.54, 1.807) is 20.8 Å². The van der Waals surface area contributed by atoms with Crippen molar-refractivity contribution < 1.29 is 5.03 Å². The zero-order chi connectivity index (χ0) is 15.8. The summed E-state index contributed by atoms with van der Waals surface area (Å²) in [5.74, 6) is -0.000613. The van der Waals surface area contributed by atoms with Crippen LogP contribution in [0.1, 0.15) is 32.2 Å². The number of rotatable bonds is 3. The Morgan fingerprint density at radius 1 is 1.19 bits per heavy atom. The van der Waals surface area contributed by atoms with Gasteiger partial charge in [-0.25, -0.2) is 14.8 Å². The van der Waals surface area contributed by atoms with Crippen LogP contribution in [0, 0.1) is 24.0 Å². The first-order valence-electron chi connectivity index (χ1n) is 6.25.